The number of ether oxygens (including phenoxy) is 1. The van der Waals surface area contributed by atoms with Crippen LogP contribution < -0.4 is 10.5 Å². The Morgan fingerprint density at radius 1 is 1.22 bits per heavy atom. The second kappa shape index (κ2) is 5.16. The topological polar surface area (TPSA) is 35.2 Å². The summed E-state index contributed by atoms with van der Waals surface area (Å²) in [6.07, 6.45) is 0. The highest BCUT2D eigenvalue weighted by atomic mass is 79.9. The zero-order valence-electron chi connectivity index (χ0n) is 9.51. The van der Waals surface area contributed by atoms with Crippen LogP contribution in [0.4, 0.5) is 10.1 Å². The molecule has 0 atom stereocenters. The molecule has 0 aliphatic heterocycles. The molecule has 0 saturated heterocycles. The minimum absolute atomic E-state index is 0.233. The van der Waals surface area contributed by atoms with Gasteiger partial charge in [-0.25, -0.2) is 4.39 Å². The molecule has 0 spiro atoms. The molecule has 2 N–H and O–H groups in total. The Hall–Kier alpha value is -1.26. The molecule has 0 unspecified atom stereocenters. The van der Waals surface area contributed by atoms with Crippen LogP contribution in [0.2, 0.25) is 5.02 Å². The van der Waals surface area contributed by atoms with Crippen molar-refractivity contribution in [2.24, 2.45) is 0 Å². The monoisotopic (exact) mass is 329 g/mol. The van der Waals surface area contributed by atoms with Crippen LogP contribution in [0.15, 0.2) is 34.8 Å². The van der Waals surface area contributed by atoms with Gasteiger partial charge in [0.1, 0.15) is 11.6 Å². The second-order valence-electron chi connectivity index (χ2n) is 3.82. The first kappa shape index (κ1) is 13.2. The molecule has 0 bridgehead atoms. The maximum atomic E-state index is 13.3. The van der Waals surface area contributed by atoms with Crippen molar-refractivity contribution in [3.05, 3.63) is 51.2 Å². The van der Waals surface area contributed by atoms with E-state index < -0.39 is 0 Å². The van der Waals surface area contributed by atoms with Gasteiger partial charge < -0.3 is 10.5 Å². The number of hydrogen-bond donors (Lipinski definition) is 1. The van der Waals surface area contributed by atoms with Gasteiger partial charge in [0.25, 0.3) is 0 Å². The Kier molecular flexibility index (Phi) is 3.78. The normalized spacial score (nSPS) is 10.4. The smallest absolute Gasteiger partial charge is 0.150 e. The molecule has 5 heteroatoms. The summed E-state index contributed by atoms with van der Waals surface area (Å²) in [5.41, 5.74) is 6.40. The number of aryl methyl sites for hydroxylation is 1. The molecule has 0 amide bonds. The van der Waals surface area contributed by atoms with Crippen LogP contribution in [0.3, 0.4) is 0 Å². The zero-order chi connectivity index (χ0) is 13.3. The van der Waals surface area contributed by atoms with Crippen LogP contribution in [0.5, 0.6) is 11.5 Å². The second-order valence-corrected chi connectivity index (χ2v) is 5.14. The third-order valence-electron chi connectivity index (χ3n) is 2.40. The van der Waals surface area contributed by atoms with Crippen LogP contribution in [-0.2, 0) is 0 Å². The van der Waals surface area contributed by atoms with Crippen LogP contribution >= 0.6 is 27.5 Å². The van der Waals surface area contributed by atoms with E-state index in [9.17, 15) is 4.39 Å². The van der Waals surface area contributed by atoms with E-state index in [4.69, 9.17) is 22.1 Å². The first-order valence-electron chi connectivity index (χ1n) is 5.16. The summed E-state index contributed by atoms with van der Waals surface area (Å²) in [5, 5.41) is 0.450. The van der Waals surface area contributed by atoms with Gasteiger partial charge in [0, 0.05) is 10.5 Å². The molecule has 0 saturated carbocycles. The van der Waals surface area contributed by atoms with Crippen LogP contribution in [0.1, 0.15) is 5.56 Å². The molecule has 0 aromatic heterocycles. The standard InChI is InChI=1S/C13H10BrClFNO/c1-7-4-13(11(17)6-10(7)16)18-12-3-2-8(14)5-9(12)15/h2-6H,17H2,1H3. The Bertz CT molecular complexity index is 604. The van der Waals surface area contributed by atoms with Crippen LogP contribution in [-0.4, -0.2) is 0 Å². The third-order valence-corrected chi connectivity index (χ3v) is 3.19. The molecule has 18 heavy (non-hydrogen) atoms. The fourth-order valence-corrected chi connectivity index (χ4v) is 2.15. The highest BCUT2D eigenvalue weighted by molar-refractivity contribution is 9.10. The van der Waals surface area contributed by atoms with Crippen molar-refractivity contribution in [2.75, 3.05) is 5.73 Å². The molecule has 0 heterocycles. The molecular formula is C13H10BrClFNO. The molecular weight excluding hydrogens is 321 g/mol. The van der Waals surface area contributed by atoms with E-state index in [2.05, 4.69) is 15.9 Å². The maximum absolute atomic E-state index is 13.3. The Morgan fingerprint density at radius 2 is 1.94 bits per heavy atom. The molecule has 2 aromatic rings. The van der Waals surface area contributed by atoms with Crippen molar-refractivity contribution < 1.29 is 9.13 Å². The number of rotatable bonds is 2. The fourth-order valence-electron chi connectivity index (χ4n) is 1.44. The molecule has 0 radical (unpaired) electrons. The summed E-state index contributed by atoms with van der Waals surface area (Å²) in [5.74, 6) is 0.498. The molecule has 0 aliphatic carbocycles. The highest BCUT2D eigenvalue weighted by Crippen LogP contribution is 2.35. The summed E-state index contributed by atoms with van der Waals surface area (Å²) in [6, 6.07) is 8.00. The molecule has 0 fully saturated rings. The fraction of sp³-hybridized carbons (Fsp3) is 0.0769. The summed E-state index contributed by atoms with van der Waals surface area (Å²) in [4.78, 5) is 0. The molecule has 94 valence electrons. The van der Waals surface area contributed by atoms with E-state index in [-0.39, 0.29) is 11.5 Å². The lowest BCUT2D eigenvalue weighted by molar-refractivity contribution is 0.482. The van der Waals surface area contributed by atoms with E-state index in [1.807, 2.05) is 0 Å². The van der Waals surface area contributed by atoms with Gasteiger partial charge in [0.15, 0.2) is 5.75 Å². The lowest BCUT2D eigenvalue weighted by atomic mass is 10.2. The van der Waals surface area contributed by atoms with Crippen molar-refractivity contribution in [1.82, 2.24) is 0 Å². The van der Waals surface area contributed by atoms with Crippen molar-refractivity contribution in [1.29, 1.82) is 0 Å². The highest BCUT2D eigenvalue weighted by Gasteiger charge is 2.09. The third kappa shape index (κ3) is 2.76. The summed E-state index contributed by atoms with van der Waals surface area (Å²) in [7, 11) is 0. The number of anilines is 1. The van der Waals surface area contributed by atoms with Gasteiger partial charge in [-0.15, -0.1) is 0 Å². The van der Waals surface area contributed by atoms with Crippen molar-refractivity contribution in [2.45, 2.75) is 6.92 Å². The molecule has 2 rings (SSSR count). The lowest BCUT2D eigenvalue weighted by Gasteiger charge is -2.11. The molecule has 0 aliphatic rings. The predicted molar refractivity (Wildman–Crippen MR) is 74.8 cm³/mol. The quantitative estimate of drug-likeness (QED) is 0.793. The van der Waals surface area contributed by atoms with Gasteiger partial charge in [-0.3, -0.25) is 0 Å². The zero-order valence-corrected chi connectivity index (χ0v) is 11.8. The minimum atomic E-state index is -0.359. The van der Waals surface area contributed by atoms with E-state index in [0.717, 1.165) is 4.47 Å². The summed E-state index contributed by atoms with van der Waals surface area (Å²) < 4.78 is 19.7. The summed E-state index contributed by atoms with van der Waals surface area (Å²) >= 11 is 9.34. The number of halogens is 3. The van der Waals surface area contributed by atoms with Gasteiger partial charge in [-0.05, 0) is 36.8 Å². The van der Waals surface area contributed by atoms with E-state index >= 15 is 0 Å². The molecule has 2 nitrogen and oxygen atoms in total. The van der Waals surface area contributed by atoms with Crippen molar-refractivity contribution in [3.63, 3.8) is 0 Å². The lowest BCUT2D eigenvalue weighted by Crippen LogP contribution is -1.95. The largest absolute Gasteiger partial charge is 0.454 e. The number of hydrogen-bond acceptors (Lipinski definition) is 2. The average Bonchev–Trinajstić information content (AvgIpc) is 2.29. The average molecular weight is 331 g/mol. The van der Waals surface area contributed by atoms with E-state index in [1.54, 1.807) is 31.2 Å². The van der Waals surface area contributed by atoms with Crippen molar-refractivity contribution in [3.8, 4) is 11.5 Å². The maximum Gasteiger partial charge on any atom is 0.150 e. The molecule has 2 aromatic carbocycles. The van der Waals surface area contributed by atoms with Gasteiger partial charge in [-0.2, -0.15) is 0 Å². The van der Waals surface area contributed by atoms with Gasteiger partial charge in [-0.1, -0.05) is 27.5 Å². The Morgan fingerprint density at radius 3 is 2.61 bits per heavy atom. The number of benzene rings is 2. The number of nitrogen functional groups attached to an aromatic ring is 1. The Labute approximate surface area is 118 Å². The van der Waals surface area contributed by atoms with Gasteiger partial charge in [0.05, 0.1) is 10.7 Å². The van der Waals surface area contributed by atoms with Crippen molar-refractivity contribution >= 4 is 33.2 Å². The van der Waals surface area contributed by atoms with Crippen LogP contribution in [0.25, 0.3) is 0 Å². The van der Waals surface area contributed by atoms with E-state index in [1.165, 1.54) is 6.07 Å². The van der Waals surface area contributed by atoms with E-state index in [0.29, 0.717) is 22.1 Å². The SMILES string of the molecule is Cc1cc(Oc2ccc(Br)cc2Cl)c(N)cc1F. The number of nitrogens with two attached hydrogens (primary N) is 1. The minimum Gasteiger partial charge on any atom is -0.454 e. The Balaban J connectivity index is 2.37. The predicted octanol–water partition coefficient (Wildman–Crippen LogP) is 4.92. The summed E-state index contributed by atoms with van der Waals surface area (Å²) in [6.45, 7) is 1.64. The first-order chi connectivity index (χ1) is 8.47. The van der Waals surface area contributed by atoms with Crippen LogP contribution in [0, 0.1) is 12.7 Å². The van der Waals surface area contributed by atoms with Gasteiger partial charge >= 0.3 is 0 Å². The first-order valence-corrected chi connectivity index (χ1v) is 6.33. The van der Waals surface area contributed by atoms with Gasteiger partial charge in [0.2, 0.25) is 0 Å².